The van der Waals surface area contributed by atoms with Crippen molar-refractivity contribution in [2.45, 2.75) is 6.42 Å². The summed E-state index contributed by atoms with van der Waals surface area (Å²) in [5.41, 5.74) is 0.231. The van der Waals surface area contributed by atoms with Gasteiger partial charge in [-0.2, -0.15) is 0 Å². The third kappa shape index (κ3) is 4.84. The Hall–Kier alpha value is -2.26. The maximum Gasteiger partial charge on any atom is 0.282 e. The molecule has 0 saturated carbocycles. The Bertz CT molecular complexity index is 1070. The predicted octanol–water partition coefficient (Wildman–Crippen LogP) is 5.11. The molecule has 10 heteroatoms. The predicted molar refractivity (Wildman–Crippen MR) is 118 cm³/mol. The van der Waals surface area contributed by atoms with Crippen LogP contribution < -0.4 is 4.90 Å². The zero-order chi connectivity index (χ0) is 21.1. The number of rotatable bonds is 7. The number of carbonyl (C=O) groups excluding carboxylic acids is 1. The van der Waals surface area contributed by atoms with E-state index < -0.39 is 10.8 Å². The van der Waals surface area contributed by atoms with Crippen LogP contribution in [0.4, 0.5) is 10.8 Å². The number of carbonyl (C=O) groups is 1. The second-order valence-electron chi connectivity index (χ2n) is 6.62. The molecule has 0 bridgehead atoms. The summed E-state index contributed by atoms with van der Waals surface area (Å²) in [6, 6.07) is 9.36. The summed E-state index contributed by atoms with van der Waals surface area (Å²) in [6.07, 6.45) is 0.663. The minimum Gasteiger partial charge on any atom is -0.309 e. The van der Waals surface area contributed by atoms with Crippen molar-refractivity contribution < 1.29 is 9.72 Å². The molecule has 0 aliphatic heterocycles. The first-order chi connectivity index (χ1) is 13.8. The number of halogens is 2. The summed E-state index contributed by atoms with van der Waals surface area (Å²) in [5, 5.41) is 12.6. The van der Waals surface area contributed by atoms with E-state index in [1.807, 2.05) is 31.1 Å². The molecule has 29 heavy (non-hydrogen) atoms. The van der Waals surface area contributed by atoms with E-state index in [1.165, 1.54) is 34.4 Å². The second kappa shape index (κ2) is 9.04. The monoisotopic (exact) mass is 452 g/mol. The summed E-state index contributed by atoms with van der Waals surface area (Å²) in [4.78, 5) is 32.2. The number of benzene rings is 2. The molecule has 7 nitrogen and oxygen atoms in total. The Morgan fingerprint density at radius 1 is 1.21 bits per heavy atom. The van der Waals surface area contributed by atoms with Gasteiger partial charge in [0.15, 0.2) is 5.13 Å². The van der Waals surface area contributed by atoms with Crippen molar-refractivity contribution in [2.24, 2.45) is 0 Å². The van der Waals surface area contributed by atoms with E-state index >= 15 is 0 Å². The summed E-state index contributed by atoms with van der Waals surface area (Å²) >= 11 is 13.6. The number of amides is 1. The van der Waals surface area contributed by atoms with Gasteiger partial charge in [0.05, 0.1) is 14.6 Å². The Morgan fingerprint density at radius 2 is 1.97 bits per heavy atom. The molecule has 1 heterocycles. The van der Waals surface area contributed by atoms with Crippen LogP contribution in [0.2, 0.25) is 10.0 Å². The molecule has 0 saturated heterocycles. The molecule has 0 spiro atoms. The number of nitro groups is 1. The molecular formula is C19H18Cl2N4O3S. The molecule has 1 amide bonds. The summed E-state index contributed by atoms with van der Waals surface area (Å²) < 4.78 is 0.832. The Balaban J connectivity index is 2.05. The standard InChI is InChI=1S/C19H18Cl2N4O3S/c1-23(2)9-4-10-24(19-22-17-14(21)5-3-6-16(17)29-19)18(26)13-11-12(20)7-8-15(13)25(27)28/h3,5-8,11H,4,9-10H2,1-2H3. The van der Waals surface area contributed by atoms with E-state index in [4.69, 9.17) is 23.2 Å². The number of para-hydroxylation sites is 1. The van der Waals surface area contributed by atoms with Crippen LogP contribution in [0.1, 0.15) is 16.8 Å². The average Bonchev–Trinajstić information content (AvgIpc) is 3.09. The first kappa shape index (κ1) is 21.4. The Morgan fingerprint density at radius 3 is 2.62 bits per heavy atom. The van der Waals surface area contributed by atoms with E-state index in [-0.39, 0.29) is 16.3 Å². The highest BCUT2D eigenvalue weighted by molar-refractivity contribution is 7.22. The van der Waals surface area contributed by atoms with Crippen LogP contribution in [0.25, 0.3) is 10.2 Å². The third-order valence-electron chi connectivity index (χ3n) is 4.21. The average molecular weight is 453 g/mol. The van der Waals surface area contributed by atoms with Gasteiger partial charge in [-0.15, -0.1) is 0 Å². The van der Waals surface area contributed by atoms with Crippen LogP contribution in [0.3, 0.4) is 0 Å². The van der Waals surface area contributed by atoms with Gasteiger partial charge < -0.3 is 4.90 Å². The van der Waals surface area contributed by atoms with Crippen molar-refractivity contribution >= 4 is 61.5 Å². The number of anilines is 1. The maximum atomic E-state index is 13.3. The van der Waals surface area contributed by atoms with E-state index in [0.29, 0.717) is 28.6 Å². The number of nitrogens with zero attached hydrogens (tertiary/aromatic N) is 4. The van der Waals surface area contributed by atoms with Gasteiger partial charge in [-0.05, 0) is 51.3 Å². The van der Waals surface area contributed by atoms with Crippen molar-refractivity contribution in [2.75, 3.05) is 32.1 Å². The molecule has 152 valence electrons. The number of fused-ring (bicyclic) bond motifs is 1. The van der Waals surface area contributed by atoms with Crippen molar-refractivity contribution in [3.8, 4) is 0 Å². The largest absolute Gasteiger partial charge is 0.309 e. The quantitative estimate of drug-likeness (QED) is 0.367. The van der Waals surface area contributed by atoms with Crippen LogP contribution in [-0.2, 0) is 0 Å². The van der Waals surface area contributed by atoms with Gasteiger partial charge >= 0.3 is 0 Å². The van der Waals surface area contributed by atoms with Crippen LogP contribution in [0.15, 0.2) is 36.4 Å². The lowest BCUT2D eigenvalue weighted by molar-refractivity contribution is -0.385. The van der Waals surface area contributed by atoms with E-state index in [1.54, 1.807) is 6.07 Å². The van der Waals surface area contributed by atoms with E-state index in [0.717, 1.165) is 11.2 Å². The van der Waals surface area contributed by atoms with Gasteiger partial charge in [-0.1, -0.05) is 40.6 Å². The highest BCUT2D eigenvalue weighted by Gasteiger charge is 2.28. The first-order valence-corrected chi connectivity index (χ1v) is 10.3. The van der Waals surface area contributed by atoms with Crippen LogP contribution >= 0.6 is 34.5 Å². The van der Waals surface area contributed by atoms with Gasteiger partial charge in [-0.25, -0.2) is 4.98 Å². The summed E-state index contributed by atoms with van der Waals surface area (Å²) in [6.45, 7) is 1.09. The van der Waals surface area contributed by atoms with Crippen LogP contribution in [-0.4, -0.2) is 47.9 Å². The molecule has 3 rings (SSSR count). The minimum atomic E-state index is -0.587. The molecule has 1 aromatic heterocycles. The lowest BCUT2D eigenvalue weighted by Gasteiger charge is -2.21. The van der Waals surface area contributed by atoms with Crippen molar-refractivity contribution in [3.05, 3.63) is 62.1 Å². The van der Waals surface area contributed by atoms with Crippen LogP contribution in [0, 0.1) is 10.1 Å². The fourth-order valence-corrected chi connectivity index (χ4v) is 4.29. The fraction of sp³-hybridized carbons (Fsp3) is 0.263. The fourth-order valence-electron chi connectivity index (χ4n) is 2.83. The van der Waals surface area contributed by atoms with Gasteiger partial charge in [0, 0.05) is 17.6 Å². The number of nitro benzene ring substituents is 1. The maximum absolute atomic E-state index is 13.3. The topological polar surface area (TPSA) is 79.6 Å². The van der Waals surface area contributed by atoms with Crippen molar-refractivity contribution in [3.63, 3.8) is 0 Å². The van der Waals surface area contributed by atoms with E-state index in [2.05, 4.69) is 4.98 Å². The lowest BCUT2D eigenvalue weighted by atomic mass is 10.1. The number of thiazole rings is 1. The molecule has 0 fully saturated rings. The van der Waals surface area contributed by atoms with Crippen molar-refractivity contribution in [1.29, 1.82) is 0 Å². The molecule has 3 aromatic rings. The zero-order valence-corrected chi connectivity index (χ0v) is 18.1. The Labute approximate surface area is 181 Å². The molecule has 0 aliphatic rings. The third-order valence-corrected chi connectivity index (χ3v) is 5.79. The molecular weight excluding hydrogens is 435 g/mol. The number of aromatic nitrogens is 1. The van der Waals surface area contributed by atoms with Crippen molar-refractivity contribution in [1.82, 2.24) is 9.88 Å². The molecule has 0 N–H and O–H groups in total. The summed E-state index contributed by atoms with van der Waals surface area (Å²) in [5.74, 6) is -0.520. The highest BCUT2D eigenvalue weighted by Crippen LogP contribution is 2.34. The Kier molecular flexibility index (Phi) is 6.69. The van der Waals surface area contributed by atoms with Gasteiger partial charge in [-0.3, -0.25) is 19.8 Å². The second-order valence-corrected chi connectivity index (χ2v) is 8.47. The first-order valence-electron chi connectivity index (χ1n) is 8.73. The zero-order valence-electron chi connectivity index (χ0n) is 15.8. The SMILES string of the molecule is CN(C)CCCN(C(=O)c1cc(Cl)ccc1[N+](=O)[O-])c1nc2c(Cl)cccc2s1. The molecule has 2 aromatic carbocycles. The summed E-state index contributed by atoms with van der Waals surface area (Å²) in [7, 11) is 3.87. The van der Waals surface area contributed by atoms with Gasteiger partial charge in [0.1, 0.15) is 11.1 Å². The molecule has 0 unspecified atom stereocenters. The minimum absolute atomic E-state index is 0.0716. The lowest BCUT2D eigenvalue weighted by Crippen LogP contribution is -2.33. The highest BCUT2D eigenvalue weighted by atomic mass is 35.5. The molecule has 0 aliphatic carbocycles. The normalized spacial score (nSPS) is 11.2. The number of hydrogen-bond donors (Lipinski definition) is 0. The van der Waals surface area contributed by atoms with Crippen LogP contribution in [0.5, 0.6) is 0 Å². The number of hydrogen-bond acceptors (Lipinski definition) is 6. The smallest absolute Gasteiger partial charge is 0.282 e. The van der Waals surface area contributed by atoms with Gasteiger partial charge in [0.25, 0.3) is 11.6 Å². The molecule has 0 atom stereocenters. The van der Waals surface area contributed by atoms with E-state index in [9.17, 15) is 14.9 Å². The molecule has 0 radical (unpaired) electrons. The van der Waals surface area contributed by atoms with Gasteiger partial charge in [0.2, 0.25) is 0 Å².